The van der Waals surface area contributed by atoms with E-state index in [1.165, 1.54) is 18.3 Å². The number of carbonyl (C=O) groups is 2. The molecule has 0 aliphatic rings. The van der Waals surface area contributed by atoms with Crippen molar-refractivity contribution in [3.63, 3.8) is 0 Å². The molecule has 2 heterocycles. The van der Waals surface area contributed by atoms with Gasteiger partial charge < -0.3 is 10.4 Å². The third kappa shape index (κ3) is 3.88. The maximum Gasteiger partial charge on any atom is 0.335 e. The molecule has 2 N–H and O–H groups in total. The van der Waals surface area contributed by atoms with Gasteiger partial charge >= 0.3 is 5.97 Å². The molecule has 0 saturated carbocycles. The lowest BCUT2D eigenvalue weighted by Gasteiger charge is -2.05. The average molecular weight is 271 g/mol. The van der Waals surface area contributed by atoms with Crippen LogP contribution in [0.4, 0.5) is 0 Å². The molecule has 20 heavy (non-hydrogen) atoms. The average Bonchev–Trinajstić information content (AvgIpc) is 2.46. The van der Waals surface area contributed by atoms with Gasteiger partial charge in [-0.05, 0) is 24.3 Å². The first kappa shape index (κ1) is 13.7. The van der Waals surface area contributed by atoms with E-state index in [-0.39, 0.29) is 24.4 Å². The largest absolute Gasteiger partial charge is 0.478 e. The molecule has 1 amide bonds. The standard InChI is InChI=1S/C14H13N3O3/c18-13(8-11-3-1-2-5-15-11)17-9-12-7-10(14(19)20)4-6-16-12/h1-7H,8-9H2,(H,17,18)(H,19,20). The zero-order valence-corrected chi connectivity index (χ0v) is 10.6. The highest BCUT2D eigenvalue weighted by Gasteiger charge is 2.07. The third-order valence-corrected chi connectivity index (χ3v) is 2.60. The number of carbonyl (C=O) groups excluding carboxylic acids is 1. The van der Waals surface area contributed by atoms with E-state index >= 15 is 0 Å². The number of carboxylic acid groups (broad SMARTS) is 1. The Morgan fingerprint density at radius 3 is 2.60 bits per heavy atom. The number of hydrogen-bond donors (Lipinski definition) is 2. The van der Waals surface area contributed by atoms with Gasteiger partial charge in [-0.15, -0.1) is 0 Å². The lowest BCUT2D eigenvalue weighted by molar-refractivity contribution is -0.120. The lowest BCUT2D eigenvalue weighted by atomic mass is 10.2. The molecular weight excluding hydrogens is 258 g/mol. The van der Waals surface area contributed by atoms with Gasteiger partial charge in [0.15, 0.2) is 0 Å². The molecule has 0 saturated heterocycles. The number of aromatic nitrogens is 2. The summed E-state index contributed by atoms with van der Waals surface area (Å²) in [5.74, 6) is -1.21. The molecule has 2 aromatic rings. The summed E-state index contributed by atoms with van der Waals surface area (Å²) in [6.07, 6.45) is 3.21. The zero-order valence-electron chi connectivity index (χ0n) is 10.6. The van der Waals surface area contributed by atoms with Crippen LogP contribution in [0.25, 0.3) is 0 Å². The quantitative estimate of drug-likeness (QED) is 0.847. The molecule has 0 spiro atoms. The van der Waals surface area contributed by atoms with Gasteiger partial charge in [0.05, 0.1) is 24.2 Å². The summed E-state index contributed by atoms with van der Waals surface area (Å²) in [6, 6.07) is 8.20. The van der Waals surface area contributed by atoms with E-state index in [1.807, 2.05) is 6.07 Å². The number of carboxylic acids is 1. The van der Waals surface area contributed by atoms with Gasteiger partial charge in [-0.2, -0.15) is 0 Å². The van der Waals surface area contributed by atoms with Gasteiger partial charge in [0.25, 0.3) is 0 Å². The minimum atomic E-state index is -1.02. The molecular formula is C14H13N3O3. The maximum atomic E-state index is 11.7. The monoisotopic (exact) mass is 271 g/mol. The van der Waals surface area contributed by atoms with Gasteiger partial charge in [-0.25, -0.2) is 4.79 Å². The summed E-state index contributed by atoms with van der Waals surface area (Å²) in [5, 5.41) is 11.5. The van der Waals surface area contributed by atoms with Crippen LogP contribution in [-0.2, 0) is 17.8 Å². The van der Waals surface area contributed by atoms with Crippen molar-refractivity contribution < 1.29 is 14.7 Å². The number of nitrogens with zero attached hydrogens (tertiary/aromatic N) is 2. The molecule has 6 nitrogen and oxygen atoms in total. The van der Waals surface area contributed by atoms with Crippen LogP contribution in [0, 0.1) is 0 Å². The second-order valence-corrected chi connectivity index (χ2v) is 4.12. The normalized spacial score (nSPS) is 10.0. The van der Waals surface area contributed by atoms with Crippen molar-refractivity contribution in [3.05, 3.63) is 59.7 Å². The Kier molecular flexibility index (Phi) is 4.39. The van der Waals surface area contributed by atoms with Gasteiger partial charge in [-0.3, -0.25) is 14.8 Å². The van der Waals surface area contributed by atoms with Crippen LogP contribution in [-0.4, -0.2) is 27.0 Å². The number of hydrogen-bond acceptors (Lipinski definition) is 4. The van der Waals surface area contributed by atoms with Crippen molar-refractivity contribution in [3.8, 4) is 0 Å². The molecule has 0 aliphatic carbocycles. The van der Waals surface area contributed by atoms with Gasteiger partial charge in [0, 0.05) is 18.1 Å². The molecule has 6 heteroatoms. The number of aromatic carboxylic acids is 1. The first-order valence-corrected chi connectivity index (χ1v) is 6.00. The van der Waals surface area contributed by atoms with Crippen molar-refractivity contribution in [2.45, 2.75) is 13.0 Å². The molecule has 0 bridgehead atoms. The predicted octanol–water partition coefficient (Wildman–Crippen LogP) is 1.03. The minimum Gasteiger partial charge on any atom is -0.478 e. The van der Waals surface area contributed by atoms with E-state index < -0.39 is 5.97 Å². The van der Waals surface area contributed by atoms with Gasteiger partial charge in [-0.1, -0.05) is 6.07 Å². The highest BCUT2D eigenvalue weighted by atomic mass is 16.4. The summed E-state index contributed by atoms with van der Waals surface area (Å²) < 4.78 is 0. The first-order chi connectivity index (χ1) is 9.65. The highest BCUT2D eigenvalue weighted by Crippen LogP contribution is 2.02. The van der Waals surface area contributed by atoms with E-state index in [1.54, 1.807) is 18.3 Å². The Labute approximate surface area is 115 Å². The van der Waals surface area contributed by atoms with Gasteiger partial charge in [0.2, 0.25) is 5.91 Å². The lowest BCUT2D eigenvalue weighted by Crippen LogP contribution is -2.25. The van der Waals surface area contributed by atoms with Crippen LogP contribution < -0.4 is 5.32 Å². The summed E-state index contributed by atoms with van der Waals surface area (Å²) >= 11 is 0. The van der Waals surface area contributed by atoms with E-state index in [2.05, 4.69) is 15.3 Å². The smallest absolute Gasteiger partial charge is 0.335 e. The van der Waals surface area contributed by atoms with E-state index in [9.17, 15) is 9.59 Å². The first-order valence-electron chi connectivity index (χ1n) is 6.00. The number of rotatable bonds is 5. The Balaban J connectivity index is 1.90. The predicted molar refractivity (Wildman–Crippen MR) is 71.0 cm³/mol. The fraction of sp³-hybridized carbons (Fsp3) is 0.143. The molecule has 102 valence electrons. The van der Waals surface area contributed by atoms with E-state index in [0.717, 1.165) is 0 Å². The van der Waals surface area contributed by atoms with Crippen LogP contribution in [0.1, 0.15) is 21.7 Å². The molecule has 0 fully saturated rings. The Morgan fingerprint density at radius 1 is 1.10 bits per heavy atom. The fourth-order valence-corrected chi connectivity index (χ4v) is 1.63. The SMILES string of the molecule is O=C(Cc1ccccn1)NCc1cc(C(=O)O)ccn1. The summed E-state index contributed by atoms with van der Waals surface area (Å²) in [6.45, 7) is 0.187. The van der Waals surface area contributed by atoms with Crippen LogP contribution in [0.15, 0.2) is 42.7 Å². The topological polar surface area (TPSA) is 92.2 Å². The van der Waals surface area contributed by atoms with E-state index in [4.69, 9.17) is 5.11 Å². The van der Waals surface area contributed by atoms with Crippen LogP contribution >= 0.6 is 0 Å². The second kappa shape index (κ2) is 6.42. The molecule has 0 radical (unpaired) electrons. The molecule has 0 unspecified atom stereocenters. The van der Waals surface area contributed by atoms with Crippen molar-refractivity contribution in [1.29, 1.82) is 0 Å². The van der Waals surface area contributed by atoms with Crippen LogP contribution in [0.5, 0.6) is 0 Å². The fourth-order valence-electron chi connectivity index (χ4n) is 1.63. The molecule has 0 atom stereocenters. The molecule has 2 rings (SSSR count). The molecule has 0 aromatic carbocycles. The third-order valence-electron chi connectivity index (χ3n) is 2.60. The number of amides is 1. The highest BCUT2D eigenvalue weighted by molar-refractivity contribution is 5.87. The summed E-state index contributed by atoms with van der Waals surface area (Å²) in [4.78, 5) is 30.6. The summed E-state index contributed by atoms with van der Waals surface area (Å²) in [7, 11) is 0. The second-order valence-electron chi connectivity index (χ2n) is 4.12. The molecule has 0 aliphatic heterocycles. The van der Waals surface area contributed by atoms with Crippen molar-refractivity contribution in [2.75, 3.05) is 0 Å². The summed E-state index contributed by atoms with van der Waals surface area (Å²) in [5.41, 5.74) is 1.32. The van der Waals surface area contributed by atoms with Crippen molar-refractivity contribution in [1.82, 2.24) is 15.3 Å². The Morgan fingerprint density at radius 2 is 1.90 bits per heavy atom. The van der Waals surface area contributed by atoms with Crippen LogP contribution in [0.3, 0.4) is 0 Å². The van der Waals surface area contributed by atoms with Gasteiger partial charge in [0.1, 0.15) is 0 Å². The maximum absolute atomic E-state index is 11.7. The van der Waals surface area contributed by atoms with Crippen molar-refractivity contribution >= 4 is 11.9 Å². The van der Waals surface area contributed by atoms with Crippen molar-refractivity contribution in [2.24, 2.45) is 0 Å². The Bertz CT molecular complexity index is 614. The zero-order chi connectivity index (χ0) is 14.4. The van der Waals surface area contributed by atoms with Crippen LogP contribution in [0.2, 0.25) is 0 Å². The number of pyridine rings is 2. The molecule has 2 aromatic heterocycles. The van der Waals surface area contributed by atoms with E-state index in [0.29, 0.717) is 11.4 Å². The Hall–Kier alpha value is -2.76. The number of nitrogens with one attached hydrogen (secondary N) is 1. The minimum absolute atomic E-state index is 0.147.